The summed E-state index contributed by atoms with van der Waals surface area (Å²) in [4.78, 5) is 16.4. The zero-order chi connectivity index (χ0) is 12.3. The molecule has 0 spiro atoms. The number of nitrogens with zero attached hydrogens (tertiary/aromatic N) is 1. The monoisotopic (exact) mass is 247 g/mol. The van der Waals surface area contributed by atoms with E-state index < -0.39 is 0 Å². The van der Waals surface area contributed by atoms with Crippen LogP contribution in [0.3, 0.4) is 0 Å². The minimum atomic E-state index is 0.216. The van der Waals surface area contributed by atoms with Crippen molar-refractivity contribution in [1.29, 1.82) is 0 Å². The van der Waals surface area contributed by atoms with Gasteiger partial charge >= 0.3 is 0 Å². The first-order valence-electron chi connectivity index (χ1n) is 6.07. The molecule has 2 heterocycles. The smallest absolute Gasteiger partial charge is 0.164 e. The van der Waals surface area contributed by atoms with Crippen LogP contribution in [0.25, 0.3) is 10.2 Å². The molecule has 0 aliphatic carbocycles. The SMILES string of the molecule is CCCC(C)CC(=O)c1cnc2ccsc2c1. The Balaban J connectivity index is 2.13. The number of rotatable bonds is 5. The molecular formula is C14H17NOS. The third-order valence-corrected chi connectivity index (χ3v) is 3.79. The lowest BCUT2D eigenvalue weighted by Gasteiger charge is -2.08. The molecule has 1 unspecified atom stereocenters. The summed E-state index contributed by atoms with van der Waals surface area (Å²) in [5.41, 5.74) is 1.73. The van der Waals surface area contributed by atoms with Crippen molar-refractivity contribution in [3.05, 3.63) is 29.3 Å². The van der Waals surface area contributed by atoms with Gasteiger partial charge in [-0.25, -0.2) is 0 Å². The second-order valence-corrected chi connectivity index (χ2v) is 5.50. The van der Waals surface area contributed by atoms with Gasteiger partial charge < -0.3 is 0 Å². The summed E-state index contributed by atoms with van der Waals surface area (Å²) < 4.78 is 1.10. The highest BCUT2D eigenvalue weighted by Gasteiger charge is 2.12. The van der Waals surface area contributed by atoms with Gasteiger partial charge in [-0.1, -0.05) is 26.7 Å². The van der Waals surface area contributed by atoms with Gasteiger partial charge in [0.25, 0.3) is 0 Å². The number of carbonyl (C=O) groups excluding carboxylic acids is 1. The van der Waals surface area contributed by atoms with Crippen LogP contribution >= 0.6 is 11.3 Å². The minimum absolute atomic E-state index is 0.216. The predicted molar refractivity (Wildman–Crippen MR) is 72.6 cm³/mol. The lowest BCUT2D eigenvalue weighted by Crippen LogP contribution is -2.06. The maximum atomic E-state index is 12.1. The number of carbonyl (C=O) groups is 1. The van der Waals surface area contributed by atoms with E-state index in [4.69, 9.17) is 0 Å². The first kappa shape index (κ1) is 12.2. The standard InChI is InChI=1S/C14H17NOS/c1-3-4-10(2)7-13(16)11-8-14-12(15-9-11)5-6-17-14/h5-6,8-10H,3-4,7H2,1-2H3. The van der Waals surface area contributed by atoms with Crippen LogP contribution in [-0.4, -0.2) is 10.8 Å². The Morgan fingerprint density at radius 1 is 1.53 bits per heavy atom. The van der Waals surface area contributed by atoms with Gasteiger partial charge in [0, 0.05) is 18.2 Å². The Morgan fingerprint density at radius 3 is 3.12 bits per heavy atom. The van der Waals surface area contributed by atoms with Crippen molar-refractivity contribution in [3.8, 4) is 0 Å². The van der Waals surface area contributed by atoms with Gasteiger partial charge in [-0.3, -0.25) is 9.78 Å². The largest absolute Gasteiger partial charge is 0.294 e. The number of pyridine rings is 1. The van der Waals surface area contributed by atoms with Crippen LogP contribution in [0.4, 0.5) is 0 Å². The summed E-state index contributed by atoms with van der Waals surface area (Å²) in [5, 5.41) is 2.01. The van der Waals surface area contributed by atoms with Crippen molar-refractivity contribution in [1.82, 2.24) is 4.98 Å². The molecule has 0 bridgehead atoms. The fraction of sp³-hybridized carbons (Fsp3) is 0.429. The quantitative estimate of drug-likeness (QED) is 0.737. The number of hydrogen-bond acceptors (Lipinski definition) is 3. The molecule has 2 rings (SSSR count). The molecule has 90 valence electrons. The average Bonchev–Trinajstić information content (AvgIpc) is 2.75. The highest BCUT2D eigenvalue weighted by molar-refractivity contribution is 7.17. The summed E-state index contributed by atoms with van der Waals surface area (Å²) in [6.07, 6.45) is 4.58. The third-order valence-electron chi connectivity index (χ3n) is 2.94. The predicted octanol–water partition coefficient (Wildman–Crippen LogP) is 4.31. The molecule has 0 fully saturated rings. The van der Waals surface area contributed by atoms with E-state index in [1.807, 2.05) is 17.5 Å². The summed E-state index contributed by atoms with van der Waals surface area (Å²) in [7, 11) is 0. The molecule has 2 nitrogen and oxygen atoms in total. The topological polar surface area (TPSA) is 30.0 Å². The first-order valence-corrected chi connectivity index (χ1v) is 6.95. The molecule has 0 N–H and O–H groups in total. The molecule has 0 aliphatic heterocycles. The van der Waals surface area contributed by atoms with Crippen LogP contribution in [0.1, 0.15) is 43.5 Å². The lowest BCUT2D eigenvalue weighted by molar-refractivity contribution is 0.0962. The summed E-state index contributed by atoms with van der Waals surface area (Å²) >= 11 is 1.63. The molecule has 0 radical (unpaired) electrons. The van der Waals surface area contributed by atoms with Crippen molar-refractivity contribution in [2.24, 2.45) is 5.92 Å². The van der Waals surface area contributed by atoms with Crippen molar-refractivity contribution in [2.45, 2.75) is 33.1 Å². The molecule has 17 heavy (non-hydrogen) atoms. The Bertz CT molecular complexity index is 518. The summed E-state index contributed by atoms with van der Waals surface area (Å²) in [5.74, 6) is 0.681. The van der Waals surface area contributed by atoms with Gasteiger partial charge in [0.05, 0.1) is 10.2 Å². The summed E-state index contributed by atoms with van der Waals surface area (Å²) in [6.45, 7) is 4.29. The Hall–Kier alpha value is -1.22. The Morgan fingerprint density at radius 2 is 2.35 bits per heavy atom. The molecule has 0 saturated heterocycles. The Kier molecular flexibility index (Phi) is 3.89. The van der Waals surface area contributed by atoms with E-state index in [2.05, 4.69) is 18.8 Å². The number of fused-ring (bicyclic) bond motifs is 1. The van der Waals surface area contributed by atoms with E-state index in [1.54, 1.807) is 17.5 Å². The van der Waals surface area contributed by atoms with Crippen LogP contribution in [0.5, 0.6) is 0 Å². The molecule has 1 atom stereocenters. The van der Waals surface area contributed by atoms with E-state index in [1.165, 1.54) is 0 Å². The van der Waals surface area contributed by atoms with Crippen LogP contribution in [0.2, 0.25) is 0 Å². The normalized spacial score (nSPS) is 12.8. The van der Waals surface area contributed by atoms with Crippen LogP contribution < -0.4 is 0 Å². The van der Waals surface area contributed by atoms with Crippen molar-refractivity contribution >= 4 is 27.3 Å². The lowest BCUT2D eigenvalue weighted by atomic mass is 9.97. The molecule has 2 aromatic heterocycles. The molecular weight excluding hydrogens is 230 g/mol. The number of aromatic nitrogens is 1. The fourth-order valence-electron chi connectivity index (χ4n) is 2.03. The zero-order valence-electron chi connectivity index (χ0n) is 10.3. The average molecular weight is 247 g/mol. The number of ketones is 1. The number of Topliss-reactive ketones (excluding diaryl/α,β-unsaturated/α-hetero) is 1. The van der Waals surface area contributed by atoms with E-state index in [0.29, 0.717) is 12.3 Å². The molecule has 2 aromatic rings. The molecule has 3 heteroatoms. The minimum Gasteiger partial charge on any atom is -0.294 e. The molecule has 0 aliphatic rings. The maximum absolute atomic E-state index is 12.1. The van der Waals surface area contributed by atoms with Crippen molar-refractivity contribution in [3.63, 3.8) is 0 Å². The van der Waals surface area contributed by atoms with E-state index >= 15 is 0 Å². The molecule has 0 saturated carbocycles. The van der Waals surface area contributed by atoms with Gasteiger partial charge in [0.2, 0.25) is 0 Å². The van der Waals surface area contributed by atoms with Crippen LogP contribution in [0.15, 0.2) is 23.7 Å². The van der Waals surface area contributed by atoms with Crippen LogP contribution in [-0.2, 0) is 0 Å². The van der Waals surface area contributed by atoms with Crippen LogP contribution in [0, 0.1) is 5.92 Å². The van der Waals surface area contributed by atoms with E-state index in [9.17, 15) is 4.79 Å². The zero-order valence-corrected chi connectivity index (χ0v) is 11.1. The van der Waals surface area contributed by atoms with E-state index in [0.717, 1.165) is 28.6 Å². The Labute approximate surface area is 106 Å². The molecule has 0 amide bonds. The highest BCUT2D eigenvalue weighted by atomic mass is 32.1. The van der Waals surface area contributed by atoms with Gasteiger partial charge in [0.1, 0.15) is 0 Å². The second-order valence-electron chi connectivity index (χ2n) is 4.55. The fourth-order valence-corrected chi connectivity index (χ4v) is 2.81. The van der Waals surface area contributed by atoms with Gasteiger partial charge in [-0.2, -0.15) is 0 Å². The van der Waals surface area contributed by atoms with Gasteiger partial charge in [0.15, 0.2) is 5.78 Å². The van der Waals surface area contributed by atoms with E-state index in [-0.39, 0.29) is 5.78 Å². The summed E-state index contributed by atoms with van der Waals surface area (Å²) in [6, 6.07) is 3.95. The van der Waals surface area contributed by atoms with Crippen molar-refractivity contribution in [2.75, 3.05) is 0 Å². The molecule has 0 aromatic carbocycles. The highest BCUT2D eigenvalue weighted by Crippen LogP contribution is 2.21. The third kappa shape index (κ3) is 2.91. The van der Waals surface area contributed by atoms with Gasteiger partial charge in [-0.05, 0) is 23.4 Å². The maximum Gasteiger partial charge on any atom is 0.164 e. The number of thiophene rings is 1. The number of hydrogen-bond donors (Lipinski definition) is 0. The van der Waals surface area contributed by atoms with Crippen molar-refractivity contribution < 1.29 is 4.79 Å². The van der Waals surface area contributed by atoms with Gasteiger partial charge in [-0.15, -0.1) is 11.3 Å². The second kappa shape index (κ2) is 5.41. The first-order chi connectivity index (χ1) is 8.20.